The normalized spacial score (nSPS) is 9.92. The van der Waals surface area contributed by atoms with E-state index >= 15 is 0 Å². The molecule has 1 amide bonds. The number of nitrogens with zero attached hydrogens (tertiary/aromatic N) is 3. The van der Waals surface area contributed by atoms with Crippen molar-refractivity contribution in [1.29, 1.82) is 5.26 Å². The number of nitriles is 1. The Labute approximate surface area is 152 Å². The molecule has 25 heavy (non-hydrogen) atoms. The van der Waals surface area contributed by atoms with Crippen LogP contribution in [0.5, 0.6) is 0 Å². The zero-order valence-corrected chi connectivity index (χ0v) is 14.5. The summed E-state index contributed by atoms with van der Waals surface area (Å²) < 4.78 is 0.873. The van der Waals surface area contributed by atoms with E-state index in [0.717, 1.165) is 10.2 Å². The number of carbonyl (C=O) groups is 1. The highest BCUT2D eigenvalue weighted by atomic mass is 79.9. The average molecular weight is 394 g/mol. The van der Waals surface area contributed by atoms with Gasteiger partial charge in [-0.1, -0.05) is 22.0 Å². The van der Waals surface area contributed by atoms with Gasteiger partial charge in [0.15, 0.2) is 11.5 Å². The van der Waals surface area contributed by atoms with E-state index in [4.69, 9.17) is 5.26 Å². The van der Waals surface area contributed by atoms with Gasteiger partial charge in [-0.15, -0.1) is 10.2 Å². The first kappa shape index (κ1) is 16.6. The summed E-state index contributed by atoms with van der Waals surface area (Å²) in [6.45, 7) is 0. The first-order valence-corrected chi connectivity index (χ1v) is 8.11. The van der Waals surface area contributed by atoms with E-state index in [0.29, 0.717) is 17.1 Å². The number of anilines is 3. The van der Waals surface area contributed by atoms with Gasteiger partial charge in [-0.2, -0.15) is 5.26 Å². The molecule has 7 heteroatoms. The number of hydrogen-bond donors (Lipinski definition) is 2. The fourth-order valence-electron chi connectivity index (χ4n) is 2.06. The molecule has 6 nitrogen and oxygen atoms in total. The second-order valence-corrected chi connectivity index (χ2v) is 6.00. The molecule has 3 rings (SSSR count). The van der Waals surface area contributed by atoms with Crippen molar-refractivity contribution >= 4 is 39.0 Å². The summed E-state index contributed by atoms with van der Waals surface area (Å²) in [6, 6.07) is 19.6. The van der Waals surface area contributed by atoms with Crippen molar-refractivity contribution in [3.8, 4) is 6.07 Å². The largest absolute Gasteiger partial charge is 0.339 e. The minimum atomic E-state index is -0.337. The van der Waals surface area contributed by atoms with Crippen LogP contribution in [-0.4, -0.2) is 16.1 Å². The fourth-order valence-corrected chi connectivity index (χ4v) is 2.46. The van der Waals surface area contributed by atoms with Crippen molar-refractivity contribution in [2.45, 2.75) is 0 Å². The number of aromatic nitrogens is 2. The number of hydrogen-bond acceptors (Lipinski definition) is 5. The molecule has 0 fully saturated rings. The molecule has 2 N–H and O–H groups in total. The fraction of sp³-hybridized carbons (Fsp3) is 0. The topological polar surface area (TPSA) is 90.7 Å². The number of nitrogens with one attached hydrogen (secondary N) is 2. The smallest absolute Gasteiger partial charge is 0.276 e. The van der Waals surface area contributed by atoms with Crippen LogP contribution in [0.1, 0.15) is 16.1 Å². The van der Waals surface area contributed by atoms with Gasteiger partial charge in [-0.05, 0) is 54.6 Å². The van der Waals surface area contributed by atoms with Crippen molar-refractivity contribution in [3.05, 3.63) is 76.4 Å². The Balaban J connectivity index is 1.66. The predicted molar refractivity (Wildman–Crippen MR) is 98.6 cm³/mol. The molecule has 0 spiro atoms. The Morgan fingerprint density at radius 3 is 2.44 bits per heavy atom. The van der Waals surface area contributed by atoms with E-state index in [1.54, 1.807) is 48.5 Å². The summed E-state index contributed by atoms with van der Waals surface area (Å²) >= 11 is 3.35. The van der Waals surface area contributed by atoms with E-state index < -0.39 is 0 Å². The van der Waals surface area contributed by atoms with Gasteiger partial charge < -0.3 is 10.6 Å². The average Bonchev–Trinajstić information content (AvgIpc) is 2.63. The van der Waals surface area contributed by atoms with Gasteiger partial charge in [0.1, 0.15) is 0 Å². The summed E-state index contributed by atoms with van der Waals surface area (Å²) in [5, 5.41) is 22.5. The summed E-state index contributed by atoms with van der Waals surface area (Å²) in [6.07, 6.45) is 0. The summed E-state index contributed by atoms with van der Waals surface area (Å²) in [5.41, 5.74) is 2.24. The van der Waals surface area contributed by atoms with Crippen molar-refractivity contribution in [1.82, 2.24) is 10.2 Å². The maximum atomic E-state index is 12.2. The van der Waals surface area contributed by atoms with Gasteiger partial charge in [-0.25, -0.2) is 0 Å². The molecular weight excluding hydrogens is 382 g/mol. The third-order valence-corrected chi connectivity index (χ3v) is 3.76. The number of rotatable bonds is 4. The standard InChI is InChI=1S/C18H12BrN5O/c19-13-2-1-3-15(10-13)22-18(25)16-8-9-17(24-23-16)21-14-6-4-12(11-20)5-7-14/h1-10H,(H,21,24)(H,22,25). The minimum Gasteiger partial charge on any atom is -0.339 e. The third-order valence-electron chi connectivity index (χ3n) is 3.27. The van der Waals surface area contributed by atoms with Crippen molar-refractivity contribution in [2.24, 2.45) is 0 Å². The molecule has 0 radical (unpaired) electrons. The van der Waals surface area contributed by atoms with Crippen LogP contribution in [0.25, 0.3) is 0 Å². The predicted octanol–water partition coefficient (Wildman–Crippen LogP) is 4.11. The van der Waals surface area contributed by atoms with Crippen LogP contribution in [-0.2, 0) is 0 Å². The zero-order chi connectivity index (χ0) is 17.6. The minimum absolute atomic E-state index is 0.213. The van der Waals surface area contributed by atoms with Gasteiger partial charge in [0.2, 0.25) is 0 Å². The molecule has 3 aromatic rings. The molecule has 0 saturated heterocycles. The lowest BCUT2D eigenvalue weighted by Crippen LogP contribution is -2.14. The molecule has 0 saturated carbocycles. The summed E-state index contributed by atoms with van der Waals surface area (Å²) in [5.74, 6) is 0.166. The van der Waals surface area contributed by atoms with Crippen LogP contribution in [0, 0.1) is 11.3 Å². The van der Waals surface area contributed by atoms with E-state index in [1.807, 2.05) is 12.1 Å². The maximum Gasteiger partial charge on any atom is 0.276 e. The third kappa shape index (κ3) is 4.40. The van der Waals surface area contributed by atoms with Gasteiger partial charge in [0.25, 0.3) is 5.91 Å². The second-order valence-electron chi connectivity index (χ2n) is 5.08. The number of carbonyl (C=O) groups excluding carboxylic acids is 1. The molecule has 0 unspecified atom stereocenters. The maximum absolute atomic E-state index is 12.2. The molecule has 0 aliphatic rings. The lowest BCUT2D eigenvalue weighted by atomic mass is 10.2. The van der Waals surface area contributed by atoms with Gasteiger partial charge >= 0.3 is 0 Å². The Morgan fingerprint density at radius 2 is 1.80 bits per heavy atom. The molecule has 0 aliphatic heterocycles. The molecule has 1 heterocycles. The second kappa shape index (κ2) is 7.55. The first-order valence-electron chi connectivity index (χ1n) is 7.32. The highest BCUT2D eigenvalue weighted by Crippen LogP contribution is 2.17. The van der Waals surface area contributed by atoms with Crippen molar-refractivity contribution < 1.29 is 4.79 Å². The Morgan fingerprint density at radius 1 is 1.00 bits per heavy atom. The van der Waals surface area contributed by atoms with E-state index in [2.05, 4.69) is 42.8 Å². The van der Waals surface area contributed by atoms with Gasteiger partial charge in [0.05, 0.1) is 11.6 Å². The number of halogens is 1. The van der Waals surface area contributed by atoms with E-state index in [9.17, 15) is 4.79 Å². The lowest BCUT2D eigenvalue weighted by Gasteiger charge is -2.07. The number of benzene rings is 2. The van der Waals surface area contributed by atoms with Gasteiger partial charge in [-0.3, -0.25) is 4.79 Å². The molecule has 1 aromatic heterocycles. The highest BCUT2D eigenvalue weighted by molar-refractivity contribution is 9.10. The molecule has 2 aromatic carbocycles. The lowest BCUT2D eigenvalue weighted by molar-refractivity contribution is 0.102. The molecular formula is C18H12BrN5O. The molecule has 0 aliphatic carbocycles. The molecule has 0 atom stereocenters. The van der Waals surface area contributed by atoms with Gasteiger partial charge in [0, 0.05) is 15.8 Å². The molecule has 122 valence electrons. The summed E-state index contributed by atoms with van der Waals surface area (Å²) in [4.78, 5) is 12.2. The van der Waals surface area contributed by atoms with E-state index in [-0.39, 0.29) is 11.6 Å². The van der Waals surface area contributed by atoms with Crippen LogP contribution < -0.4 is 10.6 Å². The Kier molecular flexibility index (Phi) is 5.02. The Bertz CT molecular complexity index is 933. The van der Waals surface area contributed by atoms with E-state index in [1.165, 1.54) is 0 Å². The monoisotopic (exact) mass is 393 g/mol. The highest BCUT2D eigenvalue weighted by Gasteiger charge is 2.09. The Hall–Kier alpha value is -3.24. The SMILES string of the molecule is N#Cc1ccc(Nc2ccc(C(=O)Nc3cccc(Br)c3)nn2)cc1. The quantitative estimate of drug-likeness (QED) is 0.695. The van der Waals surface area contributed by atoms with Crippen LogP contribution in [0.2, 0.25) is 0 Å². The molecule has 0 bridgehead atoms. The van der Waals surface area contributed by atoms with Crippen LogP contribution >= 0.6 is 15.9 Å². The van der Waals surface area contributed by atoms with Crippen LogP contribution in [0.3, 0.4) is 0 Å². The van der Waals surface area contributed by atoms with Crippen LogP contribution in [0.4, 0.5) is 17.2 Å². The number of amides is 1. The first-order chi connectivity index (χ1) is 12.1. The zero-order valence-electron chi connectivity index (χ0n) is 12.9. The van der Waals surface area contributed by atoms with Crippen molar-refractivity contribution in [2.75, 3.05) is 10.6 Å². The summed E-state index contributed by atoms with van der Waals surface area (Å²) in [7, 11) is 0. The van der Waals surface area contributed by atoms with Crippen molar-refractivity contribution in [3.63, 3.8) is 0 Å². The van der Waals surface area contributed by atoms with Crippen LogP contribution in [0.15, 0.2) is 65.1 Å².